The maximum atomic E-state index is 6.39. The van der Waals surface area contributed by atoms with Gasteiger partial charge < -0.3 is 23.5 Å². The normalized spacial score (nSPS) is 11.6. The molecule has 228 valence electrons. The van der Waals surface area contributed by atoms with Gasteiger partial charge in [-0.1, -0.05) is 108 Å². The Morgan fingerprint density at radius 1 is 0.500 bits per heavy atom. The van der Waals surface area contributed by atoms with Crippen molar-refractivity contribution in [3.05, 3.63) is 146 Å². The predicted molar refractivity (Wildman–Crippen MR) is 185 cm³/mol. The summed E-state index contributed by atoms with van der Waals surface area (Å²) in [7, 11) is 0. The molecule has 8 heteroatoms. The van der Waals surface area contributed by atoms with Crippen molar-refractivity contribution in [2.75, 3.05) is 0 Å². The SMILES string of the molecule is [Pt+2].[c-]1c(Oc2[c-]c3c(nc2)c2c(-c4ccccc4)cccc2n2ccnc32)cnc2c1c1nccn1c1cccc(-c3ccccc3)c21. The molecule has 7 nitrogen and oxygen atoms in total. The summed E-state index contributed by atoms with van der Waals surface area (Å²) in [5, 5.41) is 3.60. The fourth-order valence-corrected chi connectivity index (χ4v) is 6.79. The summed E-state index contributed by atoms with van der Waals surface area (Å²) in [4.78, 5) is 19.3. The molecular weight excluding hydrogens is 776 g/mol. The third-order valence-electron chi connectivity index (χ3n) is 8.79. The maximum absolute atomic E-state index is 6.39. The Bertz CT molecular complexity index is 2630. The minimum atomic E-state index is 0. The smallest absolute Gasteiger partial charge is 0.493 e. The standard InChI is InChI=1S/C40H22N6O.Pt/c1-3-9-25(10-4-1)29-13-7-15-33-35(29)37-31(39-41-17-19-45(33)39)21-27(23-43-37)47-28-22-32-38(44-24-28)36-30(26-11-5-2-6-12-26)14-8-16-34(36)46-20-18-42-40(32)46;/h1-20,23-24H;/q-2;+2. The van der Waals surface area contributed by atoms with Crippen LogP contribution in [0.2, 0.25) is 0 Å². The van der Waals surface area contributed by atoms with E-state index in [-0.39, 0.29) is 21.1 Å². The van der Waals surface area contributed by atoms with Gasteiger partial charge in [-0.2, -0.15) is 0 Å². The van der Waals surface area contributed by atoms with E-state index in [0.29, 0.717) is 11.5 Å². The topological polar surface area (TPSA) is 69.6 Å². The van der Waals surface area contributed by atoms with Crippen LogP contribution in [0.25, 0.3) is 77.2 Å². The largest absolute Gasteiger partial charge is 2.00 e. The number of rotatable bonds is 4. The van der Waals surface area contributed by atoms with Crippen molar-refractivity contribution in [3.8, 4) is 33.8 Å². The van der Waals surface area contributed by atoms with Crippen LogP contribution in [0.5, 0.6) is 11.5 Å². The van der Waals surface area contributed by atoms with Gasteiger partial charge in [0.2, 0.25) is 0 Å². The molecule has 0 bridgehead atoms. The first kappa shape index (κ1) is 28.3. The van der Waals surface area contributed by atoms with Crippen LogP contribution < -0.4 is 4.74 Å². The average molecular weight is 798 g/mol. The predicted octanol–water partition coefficient (Wildman–Crippen LogP) is 9.11. The summed E-state index contributed by atoms with van der Waals surface area (Å²) >= 11 is 0. The molecule has 0 fully saturated rings. The van der Waals surface area contributed by atoms with Gasteiger partial charge in [0.1, 0.15) is 0 Å². The van der Waals surface area contributed by atoms with Crippen molar-refractivity contribution in [2.45, 2.75) is 0 Å². The number of benzene rings is 4. The van der Waals surface area contributed by atoms with E-state index in [1.54, 1.807) is 24.8 Å². The monoisotopic (exact) mass is 797 g/mol. The zero-order valence-corrected chi connectivity index (χ0v) is 27.4. The molecule has 0 atom stereocenters. The Morgan fingerprint density at radius 3 is 1.42 bits per heavy atom. The summed E-state index contributed by atoms with van der Waals surface area (Å²) in [6, 6.07) is 40.3. The van der Waals surface area contributed by atoms with Gasteiger partial charge in [-0.15, -0.1) is 0 Å². The van der Waals surface area contributed by atoms with Crippen LogP contribution in [0.3, 0.4) is 0 Å². The van der Waals surface area contributed by atoms with E-state index in [4.69, 9.17) is 14.7 Å². The first-order valence-corrected chi connectivity index (χ1v) is 15.3. The molecule has 6 aromatic heterocycles. The van der Waals surface area contributed by atoms with Crippen LogP contribution in [-0.4, -0.2) is 28.7 Å². The Kier molecular flexibility index (Phi) is 6.56. The summed E-state index contributed by atoms with van der Waals surface area (Å²) < 4.78 is 10.6. The molecule has 0 radical (unpaired) electrons. The molecule has 10 aromatic rings. The van der Waals surface area contributed by atoms with Gasteiger partial charge in [-0.25, -0.2) is 0 Å². The molecule has 0 aliphatic heterocycles. The summed E-state index contributed by atoms with van der Waals surface area (Å²) in [5.41, 5.74) is 9.61. The van der Waals surface area contributed by atoms with Gasteiger partial charge in [0.05, 0.1) is 22.8 Å². The van der Waals surface area contributed by atoms with E-state index in [0.717, 1.165) is 77.2 Å². The second kappa shape index (κ2) is 11.1. The second-order valence-corrected chi connectivity index (χ2v) is 11.4. The van der Waals surface area contributed by atoms with Crippen molar-refractivity contribution in [1.82, 2.24) is 28.7 Å². The molecule has 0 amide bonds. The minimum Gasteiger partial charge on any atom is -0.493 e. The van der Waals surface area contributed by atoms with Gasteiger partial charge in [-0.3, -0.25) is 9.97 Å². The van der Waals surface area contributed by atoms with Crippen LogP contribution >= 0.6 is 0 Å². The molecule has 0 aliphatic rings. The summed E-state index contributed by atoms with van der Waals surface area (Å²) in [5.74, 6) is 0.892. The van der Waals surface area contributed by atoms with Crippen LogP contribution in [0.4, 0.5) is 0 Å². The molecule has 0 aliphatic carbocycles. The second-order valence-electron chi connectivity index (χ2n) is 11.4. The quantitative estimate of drug-likeness (QED) is 0.131. The fraction of sp³-hybridized carbons (Fsp3) is 0. The number of imidazole rings is 2. The minimum absolute atomic E-state index is 0. The van der Waals surface area contributed by atoms with Gasteiger partial charge in [-0.05, 0) is 68.6 Å². The molecule has 6 heterocycles. The van der Waals surface area contributed by atoms with Crippen molar-refractivity contribution in [2.24, 2.45) is 0 Å². The molecule has 0 N–H and O–H groups in total. The number of aromatic nitrogens is 6. The van der Waals surface area contributed by atoms with E-state index in [1.165, 1.54) is 0 Å². The van der Waals surface area contributed by atoms with E-state index in [9.17, 15) is 0 Å². The summed E-state index contributed by atoms with van der Waals surface area (Å²) in [6.45, 7) is 0. The molecule has 48 heavy (non-hydrogen) atoms. The van der Waals surface area contributed by atoms with Crippen molar-refractivity contribution in [3.63, 3.8) is 0 Å². The van der Waals surface area contributed by atoms with Crippen LogP contribution in [-0.2, 0) is 21.1 Å². The van der Waals surface area contributed by atoms with Crippen molar-refractivity contribution < 1.29 is 25.8 Å². The molecule has 0 spiro atoms. The number of hydrogen-bond acceptors (Lipinski definition) is 5. The number of hydrogen-bond donors (Lipinski definition) is 0. The van der Waals surface area contributed by atoms with E-state index < -0.39 is 0 Å². The van der Waals surface area contributed by atoms with Gasteiger partial charge in [0.25, 0.3) is 0 Å². The van der Waals surface area contributed by atoms with E-state index in [2.05, 4.69) is 91.6 Å². The first-order valence-electron chi connectivity index (χ1n) is 15.3. The molecule has 4 aromatic carbocycles. The molecule has 0 saturated heterocycles. The van der Waals surface area contributed by atoms with Crippen LogP contribution in [0.1, 0.15) is 0 Å². The van der Waals surface area contributed by atoms with E-state index >= 15 is 0 Å². The molecule has 0 unspecified atom stereocenters. The maximum Gasteiger partial charge on any atom is 2.00 e. The average Bonchev–Trinajstić information content (AvgIpc) is 3.84. The first-order chi connectivity index (χ1) is 23.3. The summed E-state index contributed by atoms with van der Waals surface area (Å²) in [6.07, 6.45) is 11.0. The molecule has 10 rings (SSSR count). The van der Waals surface area contributed by atoms with Crippen LogP contribution in [0, 0.1) is 12.1 Å². The number of nitrogens with zero attached hydrogens (tertiary/aromatic N) is 6. The Hall–Kier alpha value is -5.91. The van der Waals surface area contributed by atoms with E-state index in [1.807, 2.05) is 48.8 Å². The van der Waals surface area contributed by atoms with Gasteiger partial charge in [0, 0.05) is 35.8 Å². The Balaban J connectivity index is 0.00000314. The third-order valence-corrected chi connectivity index (χ3v) is 8.79. The van der Waals surface area contributed by atoms with Crippen LogP contribution in [0.15, 0.2) is 134 Å². The number of ether oxygens (including phenoxy) is 1. The Morgan fingerprint density at radius 2 is 0.958 bits per heavy atom. The zero-order chi connectivity index (χ0) is 30.9. The number of fused-ring (bicyclic) bond motifs is 12. The van der Waals surface area contributed by atoms with Crippen molar-refractivity contribution >= 4 is 54.9 Å². The molecular formula is C40H22N6OPt. The van der Waals surface area contributed by atoms with Gasteiger partial charge in [0.15, 0.2) is 0 Å². The Labute approximate surface area is 288 Å². The molecule has 0 saturated carbocycles. The van der Waals surface area contributed by atoms with Gasteiger partial charge >= 0.3 is 21.1 Å². The third kappa shape index (κ3) is 4.25. The zero-order valence-electron chi connectivity index (χ0n) is 25.1. The fourth-order valence-electron chi connectivity index (χ4n) is 6.79. The van der Waals surface area contributed by atoms with Crippen molar-refractivity contribution in [1.29, 1.82) is 0 Å². The number of pyridine rings is 4.